The van der Waals surface area contributed by atoms with Crippen molar-refractivity contribution >= 4 is 17.6 Å². The van der Waals surface area contributed by atoms with Crippen LogP contribution in [-0.2, 0) is 0 Å². The highest BCUT2D eigenvalue weighted by Gasteiger charge is 2.11. The van der Waals surface area contributed by atoms with Gasteiger partial charge >= 0.3 is 5.97 Å². The molecule has 0 bridgehead atoms. The molecule has 0 aliphatic carbocycles. The lowest BCUT2D eigenvalue weighted by atomic mass is 10.1. The Kier molecular flexibility index (Phi) is 4.00. The second-order valence-corrected chi connectivity index (χ2v) is 4.48. The molecule has 2 N–H and O–H groups in total. The van der Waals surface area contributed by atoms with Gasteiger partial charge in [-0.15, -0.1) is 0 Å². The smallest absolute Gasteiger partial charge is 0.336 e. The van der Waals surface area contributed by atoms with Crippen molar-refractivity contribution in [3.63, 3.8) is 0 Å². The molecule has 0 unspecified atom stereocenters. The first-order chi connectivity index (χ1) is 10.0. The third-order valence-corrected chi connectivity index (χ3v) is 2.98. The van der Waals surface area contributed by atoms with E-state index in [1.165, 1.54) is 12.1 Å². The van der Waals surface area contributed by atoms with Gasteiger partial charge in [-0.3, -0.25) is 4.79 Å². The molecule has 0 radical (unpaired) electrons. The fourth-order valence-electron chi connectivity index (χ4n) is 1.86. The van der Waals surface area contributed by atoms with Crippen LogP contribution in [0.3, 0.4) is 0 Å². The number of carboxylic acid groups (broad SMARTS) is 1. The summed E-state index contributed by atoms with van der Waals surface area (Å²) >= 11 is 0. The van der Waals surface area contributed by atoms with Gasteiger partial charge in [-0.1, -0.05) is 12.1 Å². The summed E-state index contributed by atoms with van der Waals surface area (Å²) in [5.74, 6) is -1.44. The van der Waals surface area contributed by atoms with E-state index in [2.05, 4.69) is 5.32 Å². The number of hydrogen-bond acceptors (Lipinski definition) is 3. The van der Waals surface area contributed by atoms with Crippen LogP contribution in [0.5, 0.6) is 0 Å². The Morgan fingerprint density at radius 3 is 2.62 bits per heavy atom. The molecule has 0 fully saturated rings. The number of nitrogens with zero attached hydrogens (tertiary/aromatic N) is 1. The van der Waals surface area contributed by atoms with E-state index in [0.29, 0.717) is 22.4 Å². The van der Waals surface area contributed by atoms with Crippen molar-refractivity contribution in [2.24, 2.45) is 0 Å². The Morgan fingerprint density at radius 2 is 1.95 bits per heavy atom. The van der Waals surface area contributed by atoms with Gasteiger partial charge in [0.15, 0.2) is 0 Å². The number of rotatable bonds is 3. The van der Waals surface area contributed by atoms with Crippen LogP contribution in [-0.4, -0.2) is 17.0 Å². The van der Waals surface area contributed by atoms with Gasteiger partial charge in [-0.2, -0.15) is 5.26 Å². The summed E-state index contributed by atoms with van der Waals surface area (Å²) in [6, 6.07) is 12.9. The molecule has 0 heterocycles. The molecule has 21 heavy (non-hydrogen) atoms. The topological polar surface area (TPSA) is 90.2 Å². The van der Waals surface area contributed by atoms with Crippen LogP contribution in [0.1, 0.15) is 31.8 Å². The van der Waals surface area contributed by atoms with Crippen LogP contribution in [0, 0.1) is 18.3 Å². The van der Waals surface area contributed by atoms with Crippen molar-refractivity contribution in [3.8, 4) is 6.07 Å². The quantitative estimate of drug-likeness (QED) is 0.904. The lowest BCUT2D eigenvalue weighted by Gasteiger charge is -2.08. The average Bonchev–Trinajstić information content (AvgIpc) is 2.49. The maximum Gasteiger partial charge on any atom is 0.336 e. The van der Waals surface area contributed by atoms with E-state index in [1.807, 2.05) is 6.07 Å². The zero-order chi connectivity index (χ0) is 15.4. The van der Waals surface area contributed by atoms with Crippen LogP contribution in [0.15, 0.2) is 42.5 Å². The molecule has 104 valence electrons. The van der Waals surface area contributed by atoms with Gasteiger partial charge in [0.2, 0.25) is 0 Å². The van der Waals surface area contributed by atoms with Crippen molar-refractivity contribution in [1.82, 2.24) is 0 Å². The first kappa shape index (κ1) is 14.3. The zero-order valence-electron chi connectivity index (χ0n) is 11.3. The van der Waals surface area contributed by atoms with Crippen LogP contribution in [0.2, 0.25) is 0 Å². The predicted octanol–water partition coefficient (Wildman–Crippen LogP) is 2.82. The number of carbonyl (C=O) groups is 2. The number of nitriles is 1. The normalized spacial score (nSPS) is 9.71. The van der Waals surface area contributed by atoms with Gasteiger partial charge in [-0.25, -0.2) is 4.79 Å². The lowest BCUT2D eigenvalue weighted by molar-refractivity contribution is 0.0695. The number of benzene rings is 2. The second-order valence-electron chi connectivity index (χ2n) is 4.48. The first-order valence-electron chi connectivity index (χ1n) is 6.16. The van der Waals surface area contributed by atoms with E-state index in [1.54, 1.807) is 37.3 Å². The largest absolute Gasteiger partial charge is 0.478 e. The van der Waals surface area contributed by atoms with E-state index < -0.39 is 11.9 Å². The summed E-state index contributed by atoms with van der Waals surface area (Å²) in [6.45, 7) is 1.69. The summed E-state index contributed by atoms with van der Waals surface area (Å²) in [5, 5.41) is 20.5. The number of aryl methyl sites for hydroxylation is 1. The van der Waals surface area contributed by atoms with E-state index in [0.717, 1.165) is 0 Å². The summed E-state index contributed by atoms with van der Waals surface area (Å²) in [6.07, 6.45) is 0. The van der Waals surface area contributed by atoms with Gasteiger partial charge in [0, 0.05) is 11.3 Å². The fraction of sp³-hybridized carbons (Fsp3) is 0.0625. The number of carboxylic acids is 1. The van der Waals surface area contributed by atoms with Crippen molar-refractivity contribution in [2.45, 2.75) is 6.92 Å². The fourth-order valence-corrected chi connectivity index (χ4v) is 1.86. The first-order valence-corrected chi connectivity index (χ1v) is 6.16. The number of hydrogen-bond donors (Lipinski definition) is 2. The summed E-state index contributed by atoms with van der Waals surface area (Å²) in [5.41, 5.74) is 1.88. The second kappa shape index (κ2) is 5.88. The van der Waals surface area contributed by atoms with E-state index in [9.17, 15) is 9.59 Å². The number of anilines is 1. The highest BCUT2D eigenvalue weighted by atomic mass is 16.4. The molecule has 5 heteroatoms. The number of nitrogens with one attached hydrogen (secondary N) is 1. The van der Waals surface area contributed by atoms with Crippen molar-refractivity contribution in [3.05, 3.63) is 64.7 Å². The molecule has 5 nitrogen and oxygen atoms in total. The minimum atomic E-state index is -1.05. The Labute approximate surface area is 121 Å². The molecule has 2 aromatic rings. The molecular weight excluding hydrogens is 268 g/mol. The summed E-state index contributed by atoms with van der Waals surface area (Å²) in [7, 11) is 0. The minimum absolute atomic E-state index is 0.138. The van der Waals surface area contributed by atoms with Crippen LogP contribution in [0.4, 0.5) is 5.69 Å². The third-order valence-electron chi connectivity index (χ3n) is 2.98. The predicted molar refractivity (Wildman–Crippen MR) is 77.2 cm³/mol. The van der Waals surface area contributed by atoms with E-state index in [-0.39, 0.29) is 5.56 Å². The number of carbonyl (C=O) groups excluding carboxylic acids is 1. The van der Waals surface area contributed by atoms with Crippen LogP contribution in [0.25, 0.3) is 0 Å². The molecular formula is C16H12N2O3. The summed E-state index contributed by atoms with van der Waals surface area (Å²) in [4.78, 5) is 23.1. The van der Waals surface area contributed by atoms with Crippen LogP contribution >= 0.6 is 0 Å². The molecule has 0 aromatic heterocycles. The highest BCUT2D eigenvalue weighted by Crippen LogP contribution is 2.16. The van der Waals surface area contributed by atoms with Crippen molar-refractivity contribution in [1.29, 1.82) is 5.26 Å². The monoisotopic (exact) mass is 280 g/mol. The molecule has 0 saturated carbocycles. The van der Waals surface area contributed by atoms with Crippen LogP contribution < -0.4 is 5.32 Å². The van der Waals surface area contributed by atoms with Gasteiger partial charge < -0.3 is 10.4 Å². The molecule has 0 atom stereocenters. The molecule has 0 aliphatic heterocycles. The summed E-state index contributed by atoms with van der Waals surface area (Å²) < 4.78 is 0. The Balaban J connectivity index is 2.25. The number of aromatic carboxylic acids is 1. The third kappa shape index (κ3) is 3.25. The molecule has 0 saturated heterocycles. The molecule has 2 rings (SSSR count). The minimum Gasteiger partial charge on any atom is -0.478 e. The van der Waals surface area contributed by atoms with Gasteiger partial charge in [0.05, 0.1) is 17.2 Å². The van der Waals surface area contributed by atoms with E-state index >= 15 is 0 Å². The average molecular weight is 280 g/mol. The maximum absolute atomic E-state index is 12.1. The number of amides is 1. The molecule has 0 aliphatic rings. The lowest BCUT2D eigenvalue weighted by Crippen LogP contribution is -2.13. The van der Waals surface area contributed by atoms with Crippen molar-refractivity contribution < 1.29 is 14.7 Å². The van der Waals surface area contributed by atoms with Crippen molar-refractivity contribution in [2.75, 3.05) is 5.32 Å². The van der Waals surface area contributed by atoms with Gasteiger partial charge in [0.1, 0.15) is 0 Å². The maximum atomic E-state index is 12.1. The standard InChI is InChI=1S/C16H12N2O3/c1-10-5-6-13(8-14(10)16(20)21)18-15(19)12-4-2-3-11(7-12)9-17/h2-8H,1H3,(H,18,19)(H,20,21). The Bertz CT molecular complexity index is 760. The molecule has 1 amide bonds. The Hall–Kier alpha value is -3.13. The SMILES string of the molecule is Cc1ccc(NC(=O)c2cccc(C#N)c2)cc1C(=O)O. The molecule has 2 aromatic carbocycles. The van der Waals surface area contributed by atoms with Gasteiger partial charge in [0.25, 0.3) is 5.91 Å². The highest BCUT2D eigenvalue weighted by molar-refractivity contribution is 6.05. The van der Waals surface area contributed by atoms with E-state index in [4.69, 9.17) is 10.4 Å². The Morgan fingerprint density at radius 1 is 1.19 bits per heavy atom. The molecule has 0 spiro atoms. The zero-order valence-corrected chi connectivity index (χ0v) is 11.3. The van der Waals surface area contributed by atoms with Gasteiger partial charge in [-0.05, 0) is 42.8 Å².